The van der Waals surface area contributed by atoms with E-state index in [4.69, 9.17) is 21.1 Å². The topological polar surface area (TPSA) is 44.8 Å². The molecule has 0 aliphatic carbocycles. The molecule has 0 unspecified atom stereocenters. The molecule has 1 rings (SSSR count). The Morgan fingerprint density at radius 2 is 1.93 bits per heavy atom. The summed E-state index contributed by atoms with van der Waals surface area (Å²) < 4.78 is 14.8. The van der Waals surface area contributed by atoms with Gasteiger partial charge in [0.15, 0.2) is 11.5 Å². The molecular weight excluding hydrogens is 220 g/mol. The minimum absolute atomic E-state index is 0.114. The largest absolute Gasteiger partial charge is 0.493 e. The molecule has 0 atom stereocenters. The van der Waals surface area contributed by atoms with Crippen LogP contribution in [0.25, 0.3) is 0 Å². The number of benzene rings is 1. The first-order valence-corrected chi connectivity index (χ1v) is 4.58. The lowest BCUT2D eigenvalue weighted by Crippen LogP contribution is -1.96. The Labute approximate surface area is 92.7 Å². The molecule has 0 saturated carbocycles. The van der Waals surface area contributed by atoms with Gasteiger partial charge < -0.3 is 14.2 Å². The van der Waals surface area contributed by atoms with Crippen LogP contribution < -0.4 is 9.47 Å². The summed E-state index contributed by atoms with van der Waals surface area (Å²) in [5, 5.41) is 0. The Bertz CT molecular complexity index is 351. The van der Waals surface area contributed by atoms with Crippen molar-refractivity contribution in [3.63, 3.8) is 0 Å². The van der Waals surface area contributed by atoms with Gasteiger partial charge in [-0.2, -0.15) is 0 Å². The monoisotopic (exact) mass is 230 g/mol. The molecule has 5 heteroatoms. The van der Waals surface area contributed by atoms with E-state index in [1.807, 2.05) is 0 Å². The second-order valence-electron chi connectivity index (χ2n) is 2.72. The van der Waals surface area contributed by atoms with E-state index in [-0.39, 0.29) is 6.61 Å². The van der Waals surface area contributed by atoms with Crippen molar-refractivity contribution in [3.05, 3.63) is 23.8 Å². The molecule has 0 spiro atoms. The minimum atomic E-state index is -0.829. The van der Waals surface area contributed by atoms with Gasteiger partial charge in [-0.25, -0.2) is 4.79 Å². The van der Waals surface area contributed by atoms with Crippen molar-refractivity contribution < 1.29 is 19.0 Å². The van der Waals surface area contributed by atoms with E-state index in [9.17, 15) is 4.79 Å². The van der Waals surface area contributed by atoms with Gasteiger partial charge in [0, 0.05) is 11.6 Å². The van der Waals surface area contributed by atoms with Crippen LogP contribution in [0.15, 0.2) is 18.2 Å². The van der Waals surface area contributed by atoms with Gasteiger partial charge >= 0.3 is 5.43 Å². The summed E-state index contributed by atoms with van der Waals surface area (Å²) in [6.07, 6.45) is 0. The normalized spacial score (nSPS) is 9.53. The van der Waals surface area contributed by atoms with Gasteiger partial charge in [0.1, 0.15) is 6.61 Å². The second kappa shape index (κ2) is 5.46. The van der Waals surface area contributed by atoms with Crippen LogP contribution in [-0.4, -0.2) is 19.6 Å². The van der Waals surface area contributed by atoms with Crippen molar-refractivity contribution in [2.24, 2.45) is 0 Å². The summed E-state index contributed by atoms with van der Waals surface area (Å²) >= 11 is 5.04. The summed E-state index contributed by atoms with van der Waals surface area (Å²) in [5.74, 6) is 1.21. The van der Waals surface area contributed by atoms with E-state index >= 15 is 0 Å². The number of hydrogen-bond acceptors (Lipinski definition) is 4. The molecule has 0 fully saturated rings. The molecule has 0 bridgehead atoms. The van der Waals surface area contributed by atoms with E-state index in [2.05, 4.69) is 4.74 Å². The summed E-state index contributed by atoms with van der Waals surface area (Å²) in [4.78, 5) is 10.4. The van der Waals surface area contributed by atoms with Crippen LogP contribution in [0.4, 0.5) is 4.79 Å². The molecule has 0 heterocycles. The van der Waals surface area contributed by atoms with E-state index in [1.165, 1.54) is 7.11 Å². The average Bonchev–Trinajstić information content (AvgIpc) is 2.25. The fourth-order valence-electron chi connectivity index (χ4n) is 1.11. The number of methoxy groups -OCH3 is 2. The lowest BCUT2D eigenvalue weighted by atomic mass is 10.2. The molecule has 1 aromatic rings. The highest BCUT2D eigenvalue weighted by Crippen LogP contribution is 2.27. The minimum Gasteiger partial charge on any atom is -0.493 e. The Morgan fingerprint density at radius 1 is 1.27 bits per heavy atom. The standard InChI is InChI=1S/C10H11ClO4/c1-13-8-4-3-7(5-9(8)14-2)6-15-10(11)12/h3-5H,6H2,1-2H3. The number of halogens is 1. The van der Waals surface area contributed by atoms with Gasteiger partial charge in [-0.05, 0) is 17.7 Å². The van der Waals surface area contributed by atoms with Crippen LogP contribution in [0.5, 0.6) is 11.5 Å². The number of carbonyl (C=O) groups is 1. The van der Waals surface area contributed by atoms with Crippen LogP contribution in [0.2, 0.25) is 0 Å². The molecule has 0 aromatic heterocycles. The molecule has 0 N–H and O–H groups in total. The van der Waals surface area contributed by atoms with E-state index in [0.29, 0.717) is 11.5 Å². The maximum absolute atomic E-state index is 10.4. The predicted molar refractivity (Wildman–Crippen MR) is 55.6 cm³/mol. The first-order valence-electron chi connectivity index (χ1n) is 4.20. The maximum atomic E-state index is 10.4. The lowest BCUT2D eigenvalue weighted by molar-refractivity contribution is 0.167. The zero-order chi connectivity index (χ0) is 11.3. The second-order valence-corrected chi connectivity index (χ2v) is 3.02. The third-order valence-corrected chi connectivity index (χ3v) is 1.91. The van der Waals surface area contributed by atoms with Gasteiger partial charge in [0.25, 0.3) is 0 Å². The quantitative estimate of drug-likeness (QED) is 0.746. The molecule has 0 amide bonds. The molecule has 0 saturated heterocycles. The van der Waals surface area contributed by atoms with E-state index in [1.54, 1.807) is 25.3 Å². The molecular formula is C10H11ClO4. The highest BCUT2D eigenvalue weighted by molar-refractivity contribution is 6.61. The van der Waals surface area contributed by atoms with E-state index in [0.717, 1.165) is 5.56 Å². The zero-order valence-electron chi connectivity index (χ0n) is 8.45. The number of rotatable bonds is 4. The average molecular weight is 231 g/mol. The Kier molecular flexibility index (Phi) is 4.24. The molecule has 4 nitrogen and oxygen atoms in total. The van der Waals surface area contributed by atoms with Crippen LogP contribution in [0.1, 0.15) is 5.56 Å². The smallest absolute Gasteiger partial charge is 0.404 e. The SMILES string of the molecule is COc1ccc(COC(=O)Cl)cc1OC. The van der Waals surface area contributed by atoms with Gasteiger partial charge in [0.2, 0.25) is 0 Å². The van der Waals surface area contributed by atoms with Gasteiger partial charge in [-0.3, -0.25) is 0 Å². The van der Waals surface area contributed by atoms with Crippen molar-refractivity contribution in [1.82, 2.24) is 0 Å². The van der Waals surface area contributed by atoms with E-state index < -0.39 is 5.43 Å². The number of hydrogen-bond donors (Lipinski definition) is 0. The molecule has 0 radical (unpaired) electrons. The number of carbonyl (C=O) groups excluding carboxylic acids is 1. The summed E-state index contributed by atoms with van der Waals surface area (Å²) in [6.45, 7) is 0.114. The first kappa shape index (κ1) is 11.7. The maximum Gasteiger partial charge on any atom is 0.404 e. The summed E-state index contributed by atoms with van der Waals surface area (Å²) in [6, 6.07) is 5.22. The molecule has 1 aromatic carbocycles. The lowest BCUT2D eigenvalue weighted by Gasteiger charge is -2.09. The highest BCUT2D eigenvalue weighted by Gasteiger charge is 2.05. The predicted octanol–water partition coefficient (Wildman–Crippen LogP) is 2.58. The van der Waals surface area contributed by atoms with Crippen molar-refractivity contribution in [1.29, 1.82) is 0 Å². The Balaban J connectivity index is 2.78. The van der Waals surface area contributed by atoms with Crippen molar-refractivity contribution in [2.45, 2.75) is 6.61 Å². The summed E-state index contributed by atoms with van der Waals surface area (Å²) in [5.41, 5.74) is -0.0496. The summed E-state index contributed by atoms with van der Waals surface area (Å²) in [7, 11) is 3.09. The zero-order valence-corrected chi connectivity index (χ0v) is 9.21. The van der Waals surface area contributed by atoms with Crippen LogP contribution in [-0.2, 0) is 11.3 Å². The fraction of sp³-hybridized carbons (Fsp3) is 0.300. The molecule has 15 heavy (non-hydrogen) atoms. The van der Waals surface area contributed by atoms with Gasteiger partial charge in [0.05, 0.1) is 14.2 Å². The van der Waals surface area contributed by atoms with Crippen molar-refractivity contribution >= 4 is 17.0 Å². The van der Waals surface area contributed by atoms with Crippen LogP contribution in [0.3, 0.4) is 0 Å². The van der Waals surface area contributed by atoms with Gasteiger partial charge in [-0.1, -0.05) is 6.07 Å². The third-order valence-electron chi connectivity index (χ3n) is 1.80. The molecule has 0 aliphatic heterocycles. The van der Waals surface area contributed by atoms with Crippen molar-refractivity contribution in [3.8, 4) is 11.5 Å². The Hall–Kier alpha value is -1.42. The van der Waals surface area contributed by atoms with Gasteiger partial charge in [-0.15, -0.1) is 0 Å². The van der Waals surface area contributed by atoms with Crippen LogP contribution in [0, 0.1) is 0 Å². The third kappa shape index (κ3) is 3.32. The van der Waals surface area contributed by atoms with Crippen LogP contribution >= 0.6 is 11.6 Å². The molecule has 82 valence electrons. The fourth-order valence-corrected chi connectivity index (χ4v) is 1.17. The molecule has 0 aliphatic rings. The first-order chi connectivity index (χ1) is 7.17. The highest BCUT2D eigenvalue weighted by atomic mass is 35.5. The number of ether oxygens (including phenoxy) is 3. The Morgan fingerprint density at radius 3 is 2.47 bits per heavy atom. The van der Waals surface area contributed by atoms with Crippen molar-refractivity contribution in [2.75, 3.05) is 14.2 Å².